The Labute approximate surface area is 199 Å². The topological polar surface area (TPSA) is 85.0 Å². The van der Waals surface area contributed by atoms with E-state index >= 15 is 0 Å². The lowest BCUT2D eigenvalue weighted by Crippen LogP contribution is -2.35. The molecule has 1 saturated carbocycles. The van der Waals surface area contributed by atoms with E-state index in [9.17, 15) is 18.0 Å². The summed E-state index contributed by atoms with van der Waals surface area (Å²) >= 11 is 0. The molecule has 1 amide bonds. The van der Waals surface area contributed by atoms with E-state index in [0.29, 0.717) is 53.5 Å². The number of aryl methyl sites for hydroxylation is 1. The van der Waals surface area contributed by atoms with Crippen LogP contribution in [0.3, 0.4) is 0 Å². The number of hydrogen-bond donors (Lipinski definition) is 1. The number of anilines is 1. The van der Waals surface area contributed by atoms with E-state index in [1.807, 2.05) is 11.0 Å². The molecule has 0 radical (unpaired) electrons. The van der Waals surface area contributed by atoms with Crippen molar-refractivity contribution in [3.8, 4) is 0 Å². The molecule has 3 aromatic heterocycles. The average Bonchev–Trinajstić information content (AvgIpc) is 3.58. The number of aromatic nitrogens is 3. The van der Waals surface area contributed by atoms with Gasteiger partial charge in [-0.05, 0) is 67.5 Å². The lowest BCUT2D eigenvalue weighted by Gasteiger charge is -2.30. The number of fused-ring (bicyclic) bond motifs is 4. The predicted octanol–water partition coefficient (Wildman–Crippen LogP) is 5.32. The van der Waals surface area contributed by atoms with Crippen LogP contribution in [0, 0.1) is 5.92 Å². The van der Waals surface area contributed by atoms with Crippen LogP contribution < -0.4 is 5.73 Å². The number of nitrogens with two attached hydrogens (primary N) is 1. The van der Waals surface area contributed by atoms with E-state index in [4.69, 9.17) is 5.73 Å². The Morgan fingerprint density at radius 3 is 2.63 bits per heavy atom. The highest BCUT2D eigenvalue weighted by Crippen LogP contribution is 2.41. The van der Waals surface area contributed by atoms with Crippen LogP contribution in [-0.4, -0.2) is 32.3 Å². The Morgan fingerprint density at radius 2 is 1.86 bits per heavy atom. The fourth-order valence-electron chi connectivity index (χ4n) is 5.03. The van der Waals surface area contributed by atoms with Crippen molar-refractivity contribution in [2.45, 2.75) is 37.9 Å². The van der Waals surface area contributed by atoms with Gasteiger partial charge in [0, 0.05) is 46.4 Å². The third-order valence-corrected chi connectivity index (χ3v) is 6.97. The first kappa shape index (κ1) is 21.8. The molecule has 0 aliphatic heterocycles. The van der Waals surface area contributed by atoms with E-state index in [2.05, 4.69) is 15.0 Å². The van der Waals surface area contributed by atoms with Crippen LogP contribution >= 0.6 is 0 Å². The smallest absolute Gasteiger partial charge is 0.383 e. The van der Waals surface area contributed by atoms with Gasteiger partial charge in [0.15, 0.2) is 0 Å². The molecule has 9 heteroatoms. The summed E-state index contributed by atoms with van der Waals surface area (Å²) in [6, 6.07) is 9.33. The lowest BCUT2D eigenvalue weighted by molar-refractivity contribution is -0.141. The normalized spacial score (nSPS) is 17.6. The molecule has 0 spiro atoms. The molecule has 2 aliphatic rings. The zero-order chi connectivity index (χ0) is 24.3. The van der Waals surface area contributed by atoms with Gasteiger partial charge in [0.1, 0.15) is 11.5 Å². The third-order valence-electron chi connectivity index (χ3n) is 6.97. The van der Waals surface area contributed by atoms with Crippen molar-refractivity contribution in [3.05, 3.63) is 71.3 Å². The second-order valence-electron chi connectivity index (χ2n) is 9.34. The number of carbonyl (C=O) groups is 1. The number of hydrogen-bond acceptors (Lipinski definition) is 5. The fraction of sp³-hybridized carbons (Fsp3) is 0.308. The van der Waals surface area contributed by atoms with Crippen molar-refractivity contribution in [2.24, 2.45) is 5.92 Å². The van der Waals surface area contributed by atoms with E-state index in [1.54, 1.807) is 30.6 Å². The molecule has 0 bridgehead atoms. The highest BCUT2D eigenvalue weighted by atomic mass is 19.4. The Kier molecular flexibility index (Phi) is 4.91. The first-order valence-electron chi connectivity index (χ1n) is 11.6. The van der Waals surface area contributed by atoms with Crippen LogP contribution in [0.1, 0.15) is 52.6 Å². The summed E-state index contributed by atoms with van der Waals surface area (Å²) in [7, 11) is 0. The Hall–Kier alpha value is -3.75. The number of alkyl halides is 3. The molecule has 6 nitrogen and oxygen atoms in total. The number of pyridine rings is 3. The van der Waals surface area contributed by atoms with Gasteiger partial charge in [-0.2, -0.15) is 13.2 Å². The van der Waals surface area contributed by atoms with Gasteiger partial charge in [0.05, 0.1) is 11.6 Å². The van der Waals surface area contributed by atoms with Crippen LogP contribution in [0.25, 0.3) is 21.7 Å². The zero-order valence-electron chi connectivity index (χ0n) is 18.7. The molecule has 1 fully saturated rings. The molecule has 3 heterocycles. The number of benzene rings is 1. The zero-order valence-corrected chi connectivity index (χ0v) is 18.7. The summed E-state index contributed by atoms with van der Waals surface area (Å²) in [5.74, 6) is 0.667. The van der Waals surface area contributed by atoms with Gasteiger partial charge in [-0.3, -0.25) is 9.78 Å². The molecule has 4 aromatic rings. The summed E-state index contributed by atoms with van der Waals surface area (Å²) in [4.78, 5) is 28.2. The predicted molar refractivity (Wildman–Crippen MR) is 126 cm³/mol. The lowest BCUT2D eigenvalue weighted by atomic mass is 10.0. The summed E-state index contributed by atoms with van der Waals surface area (Å²) < 4.78 is 39.5. The standard InChI is InChI=1S/C26H22F3N5O/c27-26(28,29)23-8-4-17-20(32-23)6-7-22(17)34(13-14-1-2-14)25(35)15-3-5-21-18(11-15)19-12-31-10-9-16(19)24(30)33-21/h3-5,8-12,14,22H,1-2,6-7,13H2,(H2,30,33)/t22-/m0/s1. The molecule has 1 atom stereocenters. The van der Waals surface area contributed by atoms with Crippen LogP contribution in [0.5, 0.6) is 0 Å². The number of halogens is 3. The van der Waals surface area contributed by atoms with Crippen molar-refractivity contribution >= 4 is 33.4 Å². The van der Waals surface area contributed by atoms with Crippen LogP contribution in [0.15, 0.2) is 48.8 Å². The quantitative estimate of drug-likeness (QED) is 0.402. The van der Waals surface area contributed by atoms with Crippen molar-refractivity contribution < 1.29 is 18.0 Å². The number of rotatable bonds is 4. The molecule has 0 saturated heterocycles. The largest absolute Gasteiger partial charge is 0.433 e. The molecule has 1 aromatic carbocycles. The summed E-state index contributed by atoms with van der Waals surface area (Å²) in [5.41, 5.74) is 7.52. The summed E-state index contributed by atoms with van der Waals surface area (Å²) in [6.45, 7) is 0.574. The Morgan fingerprint density at radius 1 is 1.03 bits per heavy atom. The van der Waals surface area contributed by atoms with Crippen molar-refractivity contribution in [1.29, 1.82) is 0 Å². The van der Waals surface area contributed by atoms with E-state index < -0.39 is 11.9 Å². The summed E-state index contributed by atoms with van der Waals surface area (Å²) in [5, 5.41) is 2.36. The first-order valence-corrected chi connectivity index (χ1v) is 11.6. The molecule has 6 rings (SSSR count). The van der Waals surface area contributed by atoms with Crippen molar-refractivity contribution in [2.75, 3.05) is 12.3 Å². The highest BCUT2D eigenvalue weighted by molar-refractivity contribution is 6.11. The minimum Gasteiger partial charge on any atom is -0.383 e. The maximum Gasteiger partial charge on any atom is 0.433 e. The SMILES string of the molecule is Nc1nc2ccc(C(=O)N(CC3CC3)[C@H]3CCc4nc(C(F)(F)F)ccc43)cc2c2cnccc12. The van der Waals surface area contributed by atoms with Crippen LogP contribution in [-0.2, 0) is 12.6 Å². The summed E-state index contributed by atoms with van der Waals surface area (Å²) in [6.07, 6.45) is 1.93. The number of nitrogen functional groups attached to an aromatic ring is 1. The van der Waals surface area contributed by atoms with E-state index in [0.717, 1.165) is 35.1 Å². The molecule has 2 aliphatic carbocycles. The molecule has 178 valence electrons. The van der Waals surface area contributed by atoms with Gasteiger partial charge >= 0.3 is 6.18 Å². The first-order chi connectivity index (χ1) is 16.8. The number of nitrogens with zero attached hydrogens (tertiary/aromatic N) is 4. The second kappa shape index (κ2) is 7.90. The van der Waals surface area contributed by atoms with Gasteiger partial charge in [-0.15, -0.1) is 0 Å². The fourth-order valence-corrected chi connectivity index (χ4v) is 5.03. The van der Waals surface area contributed by atoms with E-state index in [1.165, 1.54) is 6.07 Å². The second-order valence-corrected chi connectivity index (χ2v) is 9.34. The minimum absolute atomic E-state index is 0.148. The molecule has 0 unspecified atom stereocenters. The maximum atomic E-state index is 13.8. The van der Waals surface area contributed by atoms with Crippen molar-refractivity contribution in [3.63, 3.8) is 0 Å². The molecule has 2 N–H and O–H groups in total. The average molecular weight is 477 g/mol. The van der Waals surface area contributed by atoms with Gasteiger partial charge in [-0.25, -0.2) is 9.97 Å². The van der Waals surface area contributed by atoms with E-state index in [-0.39, 0.29) is 11.9 Å². The molecular formula is C26H22F3N5O. The van der Waals surface area contributed by atoms with Gasteiger partial charge in [-0.1, -0.05) is 6.07 Å². The Balaban J connectivity index is 1.40. The maximum absolute atomic E-state index is 13.8. The number of carbonyl (C=O) groups excluding carboxylic acids is 1. The highest BCUT2D eigenvalue weighted by Gasteiger charge is 2.39. The van der Waals surface area contributed by atoms with Gasteiger partial charge in [0.25, 0.3) is 5.91 Å². The van der Waals surface area contributed by atoms with Crippen LogP contribution in [0.2, 0.25) is 0 Å². The molecular weight excluding hydrogens is 455 g/mol. The minimum atomic E-state index is -4.49. The van der Waals surface area contributed by atoms with Gasteiger partial charge < -0.3 is 10.6 Å². The third kappa shape index (κ3) is 3.84. The number of amides is 1. The van der Waals surface area contributed by atoms with Crippen molar-refractivity contribution in [1.82, 2.24) is 19.9 Å². The molecule has 35 heavy (non-hydrogen) atoms. The van der Waals surface area contributed by atoms with Gasteiger partial charge in [0.2, 0.25) is 0 Å². The Bertz CT molecular complexity index is 1480. The van der Waals surface area contributed by atoms with Crippen LogP contribution in [0.4, 0.5) is 19.0 Å². The monoisotopic (exact) mass is 477 g/mol.